The summed E-state index contributed by atoms with van der Waals surface area (Å²) in [5.74, 6) is -0.0730. The van der Waals surface area contributed by atoms with E-state index in [0.717, 1.165) is 12.0 Å². The molecule has 0 aliphatic carbocycles. The Morgan fingerprint density at radius 1 is 1.15 bits per heavy atom. The number of hydrogen-bond acceptors (Lipinski definition) is 9. The first-order valence-corrected chi connectivity index (χ1v) is 14.3. The van der Waals surface area contributed by atoms with Crippen LogP contribution >= 0.6 is 0 Å². The van der Waals surface area contributed by atoms with Gasteiger partial charge in [0.1, 0.15) is 17.2 Å². The zero-order valence-corrected chi connectivity index (χ0v) is 24.0. The Balaban J connectivity index is 1.70. The molecule has 1 fully saturated rings. The molecule has 2 aromatic heterocycles. The van der Waals surface area contributed by atoms with E-state index in [0.29, 0.717) is 36.9 Å². The molecule has 2 aliphatic rings. The number of nitrogens with two attached hydrogens (primary N) is 1. The van der Waals surface area contributed by atoms with Gasteiger partial charge in [-0.2, -0.15) is 8.42 Å². The normalized spacial score (nSPS) is 19.1. The van der Waals surface area contributed by atoms with E-state index >= 15 is 0 Å². The Labute approximate surface area is 229 Å². The van der Waals surface area contributed by atoms with Crippen molar-refractivity contribution in [3.63, 3.8) is 0 Å². The third kappa shape index (κ3) is 6.32. The van der Waals surface area contributed by atoms with Crippen LogP contribution in [0.25, 0.3) is 5.57 Å². The van der Waals surface area contributed by atoms with Crippen LogP contribution in [0, 0.1) is 5.92 Å². The fourth-order valence-corrected chi connectivity index (χ4v) is 5.94. The number of nitrogen functional groups attached to an aromatic ring is 1. The number of rotatable bonds is 5. The van der Waals surface area contributed by atoms with Crippen molar-refractivity contribution in [1.29, 1.82) is 0 Å². The SMILES string of the molecule is C[C@@H]1CN(c2nc(C3=CN(C(=O)OC(C)(C)C)CC3)ccc2C(=O)NS(=O)(=O)c2cccc(N)n2)C(C)(C)C1. The van der Waals surface area contributed by atoms with Crippen LogP contribution in [0.2, 0.25) is 0 Å². The summed E-state index contributed by atoms with van der Waals surface area (Å²) >= 11 is 0. The van der Waals surface area contributed by atoms with Crippen molar-refractivity contribution < 1.29 is 22.7 Å². The minimum absolute atomic E-state index is 0.0232. The first-order chi connectivity index (χ1) is 18.1. The highest BCUT2D eigenvalue weighted by Gasteiger charge is 2.39. The number of nitrogens with zero attached hydrogens (tertiary/aromatic N) is 4. The fourth-order valence-electron chi connectivity index (χ4n) is 5.00. The molecule has 0 saturated carbocycles. The number of ether oxygens (including phenoxy) is 1. The third-order valence-corrected chi connectivity index (χ3v) is 7.82. The Morgan fingerprint density at radius 2 is 1.87 bits per heavy atom. The van der Waals surface area contributed by atoms with Crippen LogP contribution in [-0.2, 0) is 14.8 Å². The van der Waals surface area contributed by atoms with Crippen LogP contribution in [0.15, 0.2) is 41.6 Å². The zero-order valence-electron chi connectivity index (χ0n) is 23.2. The second-order valence-corrected chi connectivity index (χ2v) is 13.3. The number of hydrogen-bond donors (Lipinski definition) is 2. The van der Waals surface area contributed by atoms with Gasteiger partial charge in [-0.1, -0.05) is 13.0 Å². The van der Waals surface area contributed by atoms with E-state index in [9.17, 15) is 18.0 Å². The molecule has 1 saturated heterocycles. The van der Waals surface area contributed by atoms with Crippen LogP contribution in [0.1, 0.15) is 70.4 Å². The second-order valence-electron chi connectivity index (χ2n) is 11.7. The van der Waals surface area contributed by atoms with Gasteiger partial charge < -0.3 is 15.4 Å². The maximum atomic E-state index is 13.4. The standard InChI is InChI=1S/C27H36N6O5S/c1-17-14-27(5,6)33(15-17)23-19(24(34)31-39(36,37)22-9-7-8-21(28)30-22)10-11-20(29-23)18-12-13-32(16-18)25(35)38-26(2,3)4/h7-11,16-17H,12-15H2,1-6H3,(H2,28,30)(H,31,34)/t17-/m0/s1. The van der Waals surface area contributed by atoms with E-state index in [-0.39, 0.29) is 21.9 Å². The molecule has 3 N–H and O–H groups in total. The number of amides is 2. The lowest BCUT2D eigenvalue weighted by molar-refractivity contribution is 0.0349. The van der Waals surface area contributed by atoms with Crippen molar-refractivity contribution in [3.8, 4) is 0 Å². The molecule has 2 aliphatic heterocycles. The molecule has 39 heavy (non-hydrogen) atoms. The number of aromatic nitrogens is 2. The van der Waals surface area contributed by atoms with Crippen LogP contribution < -0.4 is 15.4 Å². The molecule has 0 radical (unpaired) electrons. The van der Waals surface area contributed by atoms with Gasteiger partial charge in [0.2, 0.25) is 0 Å². The summed E-state index contributed by atoms with van der Waals surface area (Å²) in [6.45, 7) is 12.8. The van der Waals surface area contributed by atoms with Gasteiger partial charge in [0.15, 0.2) is 5.03 Å². The van der Waals surface area contributed by atoms with Crippen molar-refractivity contribution in [3.05, 3.63) is 47.8 Å². The Kier molecular flexibility index (Phi) is 7.37. The average molecular weight is 557 g/mol. The number of sulfonamides is 1. The van der Waals surface area contributed by atoms with Crippen LogP contribution in [0.4, 0.5) is 16.4 Å². The summed E-state index contributed by atoms with van der Waals surface area (Å²) in [5, 5.41) is -0.351. The lowest BCUT2D eigenvalue weighted by Gasteiger charge is -2.34. The molecule has 0 unspecified atom stereocenters. The zero-order chi connectivity index (χ0) is 28.8. The van der Waals surface area contributed by atoms with E-state index in [4.69, 9.17) is 15.5 Å². The van der Waals surface area contributed by atoms with Gasteiger partial charge in [-0.3, -0.25) is 9.69 Å². The lowest BCUT2D eigenvalue weighted by atomic mass is 9.97. The molecule has 12 heteroatoms. The molecule has 1 atom stereocenters. The molecule has 0 aromatic carbocycles. The van der Waals surface area contributed by atoms with E-state index in [1.807, 2.05) is 25.7 Å². The third-order valence-electron chi connectivity index (χ3n) is 6.59. The van der Waals surface area contributed by atoms with Gasteiger partial charge in [0.05, 0.1) is 11.3 Å². The second kappa shape index (κ2) is 10.1. The molecule has 2 amide bonds. The minimum Gasteiger partial charge on any atom is -0.443 e. The maximum Gasteiger partial charge on any atom is 0.414 e. The summed E-state index contributed by atoms with van der Waals surface area (Å²) < 4.78 is 33.4. The molecule has 4 rings (SSSR count). The predicted molar refractivity (Wildman–Crippen MR) is 148 cm³/mol. The molecule has 210 valence electrons. The Bertz CT molecular complexity index is 1430. The first kappa shape index (κ1) is 28.3. The number of pyridine rings is 2. The highest BCUT2D eigenvalue weighted by molar-refractivity contribution is 7.90. The van der Waals surface area contributed by atoms with Crippen molar-refractivity contribution in [2.24, 2.45) is 5.92 Å². The lowest BCUT2D eigenvalue weighted by Crippen LogP contribution is -2.41. The number of nitrogens with one attached hydrogen (secondary N) is 1. The fraction of sp³-hybridized carbons (Fsp3) is 0.481. The topological polar surface area (TPSA) is 148 Å². The number of anilines is 2. The van der Waals surface area contributed by atoms with E-state index in [1.54, 1.807) is 18.3 Å². The summed E-state index contributed by atoms with van der Waals surface area (Å²) in [7, 11) is -4.27. The molecule has 0 spiro atoms. The van der Waals surface area contributed by atoms with Crippen molar-refractivity contribution in [2.45, 2.75) is 70.6 Å². The largest absolute Gasteiger partial charge is 0.443 e. The van der Waals surface area contributed by atoms with Crippen molar-refractivity contribution >= 4 is 39.2 Å². The minimum atomic E-state index is -4.27. The quantitative estimate of drug-likeness (QED) is 0.561. The Morgan fingerprint density at radius 3 is 2.49 bits per heavy atom. The predicted octanol–water partition coefficient (Wildman–Crippen LogP) is 3.78. The van der Waals surface area contributed by atoms with Crippen LogP contribution in [0.5, 0.6) is 0 Å². The van der Waals surface area contributed by atoms with E-state index < -0.39 is 27.6 Å². The Hall–Kier alpha value is -3.67. The summed E-state index contributed by atoms with van der Waals surface area (Å²) in [6, 6.07) is 7.42. The highest BCUT2D eigenvalue weighted by atomic mass is 32.2. The number of carbonyl (C=O) groups excluding carboxylic acids is 2. The molecule has 0 bridgehead atoms. The highest BCUT2D eigenvalue weighted by Crippen LogP contribution is 2.38. The number of carbonyl (C=O) groups is 2. The van der Waals surface area contributed by atoms with Crippen molar-refractivity contribution in [2.75, 3.05) is 23.7 Å². The molecule has 11 nitrogen and oxygen atoms in total. The van der Waals surface area contributed by atoms with Gasteiger partial charge in [0, 0.05) is 24.8 Å². The molecule has 4 heterocycles. The van der Waals surface area contributed by atoms with Gasteiger partial charge in [-0.05, 0) is 83.2 Å². The van der Waals surface area contributed by atoms with Gasteiger partial charge >= 0.3 is 6.09 Å². The summed E-state index contributed by atoms with van der Waals surface area (Å²) in [6.07, 6.45) is 2.71. The first-order valence-electron chi connectivity index (χ1n) is 12.8. The molecular formula is C27H36N6O5S. The van der Waals surface area contributed by atoms with Gasteiger partial charge in [-0.25, -0.2) is 19.5 Å². The van der Waals surface area contributed by atoms with Gasteiger partial charge in [0.25, 0.3) is 15.9 Å². The summed E-state index contributed by atoms with van der Waals surface area (Å²) in [5.41, 5.74) is 6.24. The van der Waals surface area contributed by atoms with Crippen LogP contribution in [0.3, 0.4) is 0 Å². The van der Waals surface area contributed by atoms with Gasteiger partial charge in [-0.15, -0.1) is 0 Å². The summed E-state index contributed by atoms with van der Waals surface area (Å²) in [4.78, 5) is 38.2. The smallest absolute Gasteiger partial charge is 0.414 e. The van der Waals surface area contributed by atoms with Crippen molar-refractivity contribution in [1.82, 2.24) is 19.6 Å². The monoisotopic (exact) mass is 556 g/mol. The maximum absolute atomic E-state index is 13.4. The van der Waals surface area contributed by atoms with E-state index in [2.05, 4.69) is 30.5 Å². The molecule has 2 aromatic rings. The van der Waals surface area contributed by atoms with E-state index in [1.165, 1.54) is 23.1 Å². The molecular weight excluding hydrogens is 520 g/mol. The van der Waals surface area contributed by atoms with Crippen LogP contribution in [-0.4, -0.2) is 59.5 Å². The average Bonchev–Trinajstić information content (AvgIpc) is 3.41.